The number of aryl methyl sites for hydroxylation is 2. The highest BCUT2D eigenvalue weighted by atomic mass is 16.7. The number of hydrogen-bond acceptors (Lipinski definition) is 8. The SMILES string of the molecule is Cc1ccc(N2C(=O)C3N=NN(CC(=O)Nc4ccc5c(c4)OCO5)C3C2=O)cc1C. The first-order chi connectivity index (χ1) is 14.9. The number of benzene rings is 2. The quantitative estimate of drug-likeness (QED) is 0.755. The van der Waals surface area contributed by atoms with Crippen LogP contribution < -0.4 is 19.7 Å². The highest BCUT2D eigenvalue weighted by Gasteiger charge is 2.55. The molecule has 10 heteroatoms. The molecular formula is C21H19N5O5. The maximum atomic E-state index is 13.1. The number of nitrogens with one attached hydrogen (secondary N) is 1. The lowest BCUT2D eigenvalue weighted by atomic mass is 10.1. The maximum Gasteiger partial charge on any atom is 0.263 e. The van der Waals surface area contributed by atoms with Gasteiger partial charge in [-0.2, -0.15) is 5.11 Å². The van der Waals surface area contributed by atoms with Gasteiger partial charge in [0.05, 0.1) is 5.69 Å². The van der Waals surface area contributed by atoms with Crippen LogP contribution in [0.5, 0.6) is 11.5 Å². The summed E-state index contributed by atoms with van der Waals surface area (Å²) < 4.78 is 10.6. The third-order valence-electron chi connectivity index (χ3n) is 5.57. The van der Waals surface area contributed by atoms with Gasteiger partial charge in [0.1, 0.15) is 6.54 Å². The van der Waals surface area contributed by atoms with E-state index in [9.17, 15) is 14.4 Å². The summed E-state index contributed by atoms with van der Waals surface area (Å²) in [4.78, 5) is 39.5. The number of carbonyl (C=O) groups is 3. The van der Waals surface area contributed by atoms with Crippen LogP contribution in [0.3, 0.4) is 0 Å². The Labute approximate surface area is 177 Å². The number of carbonyl (C=O) groups excluding carboxylic acids is 3. The van der Waals surface area contributed by atoms with E-state index in [-0.39, 0.29) is 13.3 Å². The molecule has 3 amide bonds. The van der Waals surface area contributed by atoms with Crippen molar-refractivity contribution in [3.05, 3.63) is 47.5 Å². The second-order valence-corrected chi connectivity index (χ2v) is 7.59. The summed E-state index contributed by atoms with van der Waals surface area (Å²) in [7, 11) is 0. The van der Waals surface area contributed by atoms with Crippen LogP contribution in [-0.2, 0) is 14.4 Å². The third kappa shape index (κ3) is 3.16. The van der Waals surface area contributed by atoms with E-state index in [4.69, 9.17) is 9.47 Å². The molecule has 158 valence electrons. The molecule has 0 saturated carbocycles. The number of rotatable bonds is 4. The van der Waals surface area contributed by atoms with Crippen LogP contribution in [0, 0.1) is 13.8 Å². The standard InChI is InChI=1S/C21H19N5O5/c1-11-3-5-14(7-12(11)2)26-20(28)18-19(21(26)29)25(24-23-18)9-17(27)22-13-4-6-15-16(8-13)31-10-30-15/h3-8,18-19H,9-10H2,1-2H3,(H,22,27). The third-order valence-corrected chi connectivity index (χ3v) is 5.57. The molecule has 0 bridgehead atoms. The molecule has 2 aromatic rings. The molecule has 2 aromatic carbocycles. The van der Waals surface area contributed by atoms with Gasteiger partial charge in [-0.05, 0) is 49.2 Å². The van der Waals surface area contributed by atoms with Crippen molar-refractivity contribution in [3.63, 3.8) is 0 Å². The Morgan fingerprint density at radius 3 is 2.68 bits per heavy atom. The van der Waals surface area contributed by atoms with Crippen molar-refractivity contribution in [1.29, 1.82) is 0 Å². The number of amides is 3. The average Bonchev–Trinajstić information content (AvgIpc) is 3.42. The number of hydrogen-bond donors (Lipinski definition) is 1. The molecule has 3 aliphatic heterocycles. The molecule has 10 nitrogen and oxygen atoms in total. The largest absolute Gasteiger partial charge is 0.454 e. The van der Waals surface area contributed by atoms with Crippen LogP contribution in [0.1, 0.15) is 11.1 Å². The van der Waals surface area contributed by atoms with E-state index in [1.807, 2.05) is 19.9 Å². The minimum atomic E-state index is -0.951. The van der Waals surface area contributed by atoms with Gasteiger partial charge in [-0.25, -0.2) is 4.90 Å². The van der Waals surface area contributed by atoms with Gasteiger partial charge >= 0.3 is 0 Å². The molecule has 31 heavy (non-hydrogen) atoms. The Bertz CT molecular complexity index is 1150. The van der Waals surface area contributed by atoms with Gasteiger partial charge in [-0.1, -0.05) is 11.3 Å². The van der Waals surface area contributed by atoms with Gasteiger partial charge in [0.2, 0.25) is 12.7 Å². The fraction of sp³-hybridized carbons (Fsp3) is 0.286. The summed E-state index contributed by atoms with van der Waals surface area (Å²) in [6.07, 6.45) is 0. The monoisotopic (exact) mass is 421 g/mol. The second kappa shape index (κ2) is 7.08. The molecule has 3 heterocycles. The Morgan fingerprint density at radius 2 is 1.87 bits per heavy atom. The number of imide groups is 1. The van der Waals surface area contributed by atoms with Crippen LogP contribution in [0.2, 0.25) is 0 Å². The van der Waals surface area contributed by atoms with Crippen LogP contribution >= 0.6 is 0 Å². The van der Waals surface area contributed by atoms with E-state index in [0.29, 0.717) is 22.9 Å². The molecule has 0 aromatic heterocycles. The number of ether oxygens (including phenoxy) is 2. The Hall–Kier alpha value is -3.95. The van der Waals surface area contributed by atoms with Crippen molar-refractivity contribution < 1.29 is 23.9 Å². The second-order valence-electron chi connectivity index (χ2n) is 7.59. The smallest absolute Gasteiger partial charge is 0.263 e. The average molecular weight is 421 g/mol. The Morgan fingerprint density at radius 1 is 1.06 bits per heavy atom. The first-order valence-electron chi connectivity index (χ1n) is 9.74. The van der Waals surface area contributed by atoms with Crippen LogP contribution in [0.25, 0.3) is 0 Å². The molecule has 5 rings (SSSR count). The zero-order valence-corrected chi connectivity index (χ0v) is 16.9. The molecule has 3 aliphatic rings. The van der Waals surface area contributed by atoms with Crippen LogP contribution in [-0.4, -0.2) is 48.2 Å². The summed E-state index contributed by atoms with van der Waals surface area (Å²) in [5.74, 6) is -0.141. The Balaban J connectivity index is 1.30. The van der Waals surface area contributed by atoms with Crippen molar-refractivity contribution in [2.75, 3.05) is 23.6 Å². The highest BCUT2D eigenvalue weighted by Crippen LogP contribution is 2.35. The van der Waals surface area contributed by atoms with Gasteiger partial charge < -0.3 is 14.8 Å². The normalized spacial score (nSPS) is 21.1. The Kier molecular flexibility index (Phi) is 4.35. The van der Waals surface area contributed by atoms with Crippen molar-refractivity contribution in [3.8, 4) is 11.5 Å². The maximum absolute atomic E-state index is 13.1. The molecule has 0 spiro atoms. The topological polar surface area (TPSA) is 113 Å². The fourth-order valence-electron chi connectivity index (χ4n) is 3.79. The minimum Gasteiger partial charge on any atom is -0.454 e. The van der Waals surface area contributed by atoms with E-state index < -0.39 is 29.8 Å². The van der Waals surface area contributed by atoms with Gasteiger partial charge in [-0.15, -0.1) is 0 Å². The van der Waals surface area contributed by atoms with Gasteiger partial charge in [-0.3, -0.25) is 19.4 Å². The zero-order chi connectivity index (χ0) is 21.7. The van der Waals surface area contributed by atoms with Gasteiger partial charge in [0.25, 0.3) is 11.8 Å². The first kappa shape index (κ1) is 19.0. The number of anilines is 2. The molecule has 0 aliphatic carbocycles. The van der Waals surface area contributed by atoms with E-state index >= 15 is 0 Å². The van der Waals surface area contributed by atoms with Crippen molar-refractivity contribution in [2.45, 2.75) is 25.9 Å². The molecular weight excluding hydrogens is 402 g/mol. The lowest BCUT2D eigenvalue weighted by molar-refractivity contribution is -0.123. The summed E-state index contributed by atoms with van der Waals surface area (Å²) >= 11 is 0. The van der Waals surface area contributed by atoms with Gasteiger partial charge in [0, 0.05) is 11.8 Å². The number of nitrogens with zero attached hydrogens (tertiary/aromatic N) is 4. The molecule has 1 fully saturated rings. The molecule has 2 atom stereocenters. The molecule has 0 radical (unpaired) electrons. The van der Waals surface area contributed by atoms with E-state index in [1.54, 1.807) is 30.3 Å². The van der Waals surface area contributed by atoms with Crippen molar-refractivity contribution in [1.82, 2.24) is 5.01 Å². The predicted molar refractivity (Wildman–Crippen MR) is 109 cm³/mol. The van der Waals surface area contributed by atoms with E-state index in [2.05, 4.69) is 15.7 Å². The van der Waals surface area contributed by atoms with E-state index in [1.165, 1.54) is 5.01 Å². The molecule has 1 saturated heterocycles. The fourth-order valence-corrected chi connectivity index (χ4v) is 3.79. The lowest BCUT2D eigenvalue weighted by Gasteiger charge is -2.20. The van der Waals surface area contributed by atoms with Crippen LogP contribution in [0.15, 0.2) is 46.7 Å². The van der Waals surface area contributed by atoms with Crippen molar-refractivity contribution >= 4 is 29.1 Å². The minimum absolute atomic E-state index is 0.136. The predicted octanol–water partition coefficient (Wildman–Crippen LogP) is 1.96. The summed E-state index contributed by atoms with van der Waals surface area (Å²) in [6, 6.07) is 8.53. The summed E-state index contributed by atoms with van der Waals surface area (Å²) in [5, 5.41) is 11.9. The first-order valence-corrected chi connectivity index (χ1v) is 9.74. The number of fused-ring (bicyclic) bond motifs is 2. The van der Waals surface area contributed by atoms with Crippen LogP contribution in [0.4, 0.5) is 11.4 Å². The zero-order valence-electron chi connectivity index (χ0n) is 16.9. The van der Waals surface area contributed by atoms with E-state index in [0.717, 1.165) is 16.0 Å². The highest BCUT2D eigenvalue weighted by molar-refractivity contribution is 6.25. The molecule has 1 N–H and O–H groups in total. The van der Waals surface area contributed by atoms with Crippen molar-refractivity contribution in [2.24, 2.45) is 10.3 Å². The molecule has 2 unspecified atom stereocenters. The lowest BCUT2D eigenvalue weighted by Crippen LogP contribution is -2.43. The van der Waals surface area contributed by atoms with Gasteiger partial charge in [0.15, 0.2) is 23.6 Å². The summed E-state index contributed by atoms with van der Waals surface area (Å²) in [6.45, 7) is 3.78. The summed E-state index contributed by atoms with van der Waals surface area (Å²) in [5.41, 5.74) is 3.04.